The Labute approximate surface area is 195 Å². The van der Waals surface area contributed by atoms with Crippen molar-refractivity contribution in [1.29, 1.82) is 0 Å². The first kappa shape index (κ1) is 24.8. The summed E-state index contributed by atoms with van der Waals surface area (Å²) in [5.74, 6) is -2.99. The number of likely N-dealkylation sites (tertiary alicyclic amines) is 1. The van der Waals surface area contributed by atoms with Crippen molar-refractivity contribution in [3.63, 3.8) is 0 Å². The highest BCUT2D eigenvalue weighted by atomic mass is 32.1. The molecule has 2 aromatic rings. The number of anilines is 1. The molecule has 2 heterocycles. The lowest BCUT2D eigenvalue weighted by Crippen LogP contribution is -2.32. The number of halogens is 2. The fourth-order valence-corrected chi connectivity index (χ4v) is 4.35. The second-order valence-electron chi connectivity index (χ2n) is 8.00. The van der Waals surface area contributed by atoms with Crippen molar-refractivity contribution >= 4 is 28.5 Å². The van der Waals surface area contributed by atoms with Crippen LogP contribution >= 0.6 is 11.5 Å². The largest absolute Gasteiger partial charge is 0.471 e. The molecule has 1 fully saturated rings. The van der Waals surface area contributed by atoms with E-state index in [0.29, 0.717) is 6.54 Å². The molecule has 1 aliphatic rings. The topological polar surface area (TPSA) is 110 Å². The van der Waals surface area contributed by atoms with Crippen LogP contribution in [0.1, 0.15) is 53.6 Å². The van der Waals surface area contributed by atoms with E-state index in [2.05, 4.69) is 19.9 Å². The molecule has 4 N–H and O–H groups in total. The lowest BCUT2D eigenvalue weighted by atomic mass is 10.1. The van der Waals surface area contributed by atoms with E-state index in [9.17, 15) is 18.4 Å². The van der Waals surface area contributed by atoms with E-state index >= 15 is 0 Å². The van der Waals surface area contributed by atoms with Crippen molar-refractivity contribution in [3.8, 4) is 5.88 Å². The van der Waals surface area contributed by atoms with E-state index < -0.39 is 23.6 Å². The zero-order valence-corrected chi connectivity index (χ0v) is 19.4. The summed E-state index contributed by atoms with van der Waals surface area (Å²) in [5, 5.41) is 5.43. The minimum Gasteiger partial charge on any atom is -0.471 e. The quantitative estimate of drug-likeness (QED) is 0.447. The molecule has 0 bridgehead atoms. The molecule has 0 saturated carbocycles. The van der Waals surface area contributed by atoms with Crippen LogP contribution in [0.5, 0.6) is 5.88 Å². The van der Waals surface area contributed by atoms with Gasteiger partial charge in [-0.3, -0.25) is 10.1 Å². The van der Waals surface area contributed by atoms with Crippen LogP contribution in [0.15, 0.2) is 12.1 Å². The van der Waals surface area contributed by atoms with Crippen LogP contribution in [-0.2, 0) is 6.61 Å². The van der Waals surface area contributed by atoms with Crippen LogP contribution in [0.25, 0.3) is 0 Å². The zero-order chi connectivity index (χ0) is 23.8. The van der Waals surface area contributed by atoms with Crippen LogP contribution in [0.4, 0.5) is 18.6 Å². The lowest BCUT2D eigenvalue weighted by molar-refractivity contribution is 0.0996. The molecule has 0 unspecified atom stereocenters. The Bertz CT molecular complexity index is 979. The van der Waals surface area contributed by atoms with Crippen molar-refractivity contribution in [2.24, 2.45) is 5.73 Å². The summed E-state index contributed by atoms with van der Waals surface area (Å²) in [4.78, 5) is 26.6. The van der Waals surface area contributed by atoms with Crippen molar-refractivity contribution < 1.29 is 23.1 Å². The fourth-order valence-electron chi connectivity index (χ4n) is 3.61. The maximum absolute atomic E-state index is 14.0. The Morgan fingerprint density at radius 1 is 1.18 bits per heavy atom. The van der Waals surface area contributed by atoms with Crippen LogP contribution < -0.4 is 21.1 Å². The standard InChI is InChI=1S/C22H29F2N5O3S/c1-14-7-8-15(18(24)17(14)23)13-32-20-16(19(25)30)21(33-28-20)27-22(31)26-9-3-6-12-29-10-4-2-5-11-29/h7-8H,2-6,9-13H2,1H3,(H2,25,30)(H2,26,27,31). The number of rotatable bonds is 10. The summed E-state index contributed by atoms with van der Waals surface area (Å²) in [6, 6.07) is 2.33. The summed E-state index contributed by atoms with van der Waals surface area (Å²) in [6.45, 7) is 4.90. The van der Waals surface area contributed by atoms with Crippen molar-refractivity contribution in [2.75, 3.05) is 31.5 Å². The van der Waals surface area contributed by atoms with Gasteiger partial charge in [-0.2, -0.15) is 4.37 Å². The van der Waals surface area contributed by atoms with Gasteiger partial charge in [0.1, 0.15) is 17.2 Å². The molecule has 11 heteroatoms. The second kappa shape index (κ2) is 11.9. The highest BCUT2D eigenvalue weighted by molar-refractivity contribution is 7.11. The first-order valence-electron chi connectivity index (χ1n) is 11.0. The number of carbonyl (C=O) groups is 2. The number of piperidine rings is 1. The molecule has 3 rings (SSSR count). The van der Waals surface area contributed by atoms with Gasteiger partial charge in [-0.15, -0.1) is 0 Å². The zero-order valence-electron chi connectivity index (χ0n) is 18.6. The number of primary amides is 1. The molecular formula is C22H29F2N5O3S. The number of nitrogens with two attached hydrogens (primary N) is 1. The molecular weight excluding hydrogens is 452 g/mol. The predicted octanol–water partition coefficient (Wildman–Crippen LogP) is 3.80. The molecule has 1 aromatic heterocycles. The van der Waals surface area contributed by atoms with E-state index in [0.717, 1.165) is 44.0 Å². The van der Waals surface area contributed by atoms with E-state index in [-0.39, 0.29) is 34.2 Å². The van der Waals surface area contributed by atoms with Crippen LogP contribution in [0, 0.1) is 18.6 Å². The number of aryl methyl sites for hydroxylation is 1. The number of benzene rings is 1. The van der Waals surface area contributed by atoms with E-state index in [4.69, 9.17) is 10.5 Å². The molecule has 8 nitrogen and oxygen atoms in total. The summed E-state index contributed by atoms with van der Waals surface area (Å²) < 4.78 is 37.2. The van der Waals surface area contributed by atoms with Crippen LogP contribution in [0.3, 0.4) is 0 Å². The van der Waals surface area contributed by atoms with E-state index in [1.165, 1.54) is 38.3 Å². The maximum atomic E-state index is 14.0. The predicted molar refractivity (Wildman–Crippen MR) is 123 cm³/mol. The average Bonchev–Trinajstić information content (AvgIpc) is 3.20. The van der Waals surface area contributed by atoms with Gasteiger partial charge in [0.25, 0.3) is 5.91 Å². The first-order chi connectivity index (χ1) is 15.9. The van der Waals surface area contributed by atoms with Gasteiger partial charge in [-0.05, 0) is 69.3 Å². The van der Waals surface area contributed by atoms with Crippen LogP contribution in [-0.4, -0.2) is 47.4 Å². The van der Waals surface area contributed by atoms with Gasteiger partial charge in [0.15, 0.2) is 11.6 Å². The number of urea groups is 1. The third kappa shape index (κ3) is 6.84. The summed E-state index contributed by atoms with van der Waals surface area (Å²) in [7, 11) is 0. The van der Waals surface area contributed by atoms with Crippen molar-refractivity contribution in [2.45, 2.75) is 45.6 Å². The third-order valence-corrected chi connectivity index (χ3v) is 6.24. The Morgan fingerprint density at radius 2 is 1.94 bits per heavy atom. The molecule has 33 heavy (non-hydrogen) atoms. The van der Waals surface area contributed by atoms with Gasteiger partial charge < -0.3 is 20.7 Å². The SMILES string of the molecule is Cc1ccc(COc2nsc(NC(=O)NCCCCN3CCCCC3)c2C(N)=O)c(F)c1F. The van der Waals surface area contributed by atoms with E-state index in [1.807, 2.05) is 0 Å². The van der Waals surface area contributed by atoms with Gasteiger partial charge in [-0.1, -0.05) is 18.6 Å². The molecule has 0 spiro atoms. The Morgan fingerprint density at radius 3 is 2.67 bits per heavy atom. The molecule has 1 aromatic carbocycles. The number of hydrogen-bond acceptors (Lipinski definition) is 6. The maximum Gasteiger partial charge on any atom is 0.319 e. The Balaban J connectivity index is 1.49. The Kier molecular flexibility index (Phi) is 8.95. The molecule has 0 aliphatic carbocycles. The molecule has 0 atom stereocenters. The van der Waals surface area contributed by atoms with Crippen LogP contribution in [0.2, 0.25) is 0 Å². The molecule has 3 amide bonds. The molecule has 1 saturated heterocycles. The van der Waals surface area contributed by atoms with Gasteiger partial charge >= 0.3 is 6.03 Å². The normalized spacial score (nSPS) is 14.2. The van der Waals surface area contributed by atoms with Crippen molar-refractivity contribution in [3.05, 3.63) is 40.5 Å². The summed E-state index contributed by atoms with van der Waals surface area (Å²) in [6.07, 6.45) is 5.63. The summed E-state index contributed by atoms with van der Waals surface area (Å²) >= 11 is 0.818. The first-order valence-corrected chi connectivity index (χ1v) is 11.8. The number of carbonyl (C=O) groups excluding carboxylic acids is 2. The van der Waals surface area contributed by atoms with Gasteiger partial charge in [-0.25, -0.2) is 13.6 Å². The second-order valence-corrected chi connectivity index (χ2v) is 8.78. The monoisotopic (exact) mass is 481 g/mol. The molecule has 1 aliphatic heterocycles. The number of nitrogens with zero attached hydrogens (tertiary/aromatic N) is 2. The molecule has 0 radical (unpaired) electrons. The minimum atomic E-state index is -1.02. The number of aromatic nitrogens is 1. The van der Waals surface area contributed by atoms with Gasteiger partial charge in [0, 0.05) is 12.1 Å². The number of hydrogen-bond donors (Lipinski definition) is 3. The van der Waals surface area contributed by atoms with E-state index in [1.54, 1.807) is 0 Å². The summed E-state index contributed by atoms with van der Waals surface area (Å²) in [5.41, 5.74) is 5.45. The molecule has 180 valence electrons. The Hall–Kier alpha value is -2.79. The number of amides is 3. The average molecular weight is 482 g/mol. The van der Waals surface area contributed by atoms with Gasteiger partial charge in [0.05, 0.1) is 0 Å². The number of unbranched alkanes of at least 4 members (excludes halogenated alkanes) is 1. The fraction of sp³-hybridized carbons (Fsp3) is 0.500. The number of nitrogens with one attached hydrogen (secondary N) is 2. The number of ether oxygens (including phenoxy) is 1. The van der Waals surface area contributed by atoms with Gasteiger partial charge in [0.2, 0.25) is 5.88 Å². The lowest BCUT2D eigenvalue weighted by Gasteiger charge is -2.26. The highest BCUT2D eigenvalue weighted by Crippen LogP contribution is 2.31. The smallest absolute Gasteiger partial charge is 0.319 e. The highest BCUT2D eigenvalue weighted by Gasteiger charge is 2.22. The third-order valence-electron chi connectivity index (χ3n) is 5.49. The van der Waals surface area contributed by atoms with Crippen molar-refractivity contribution in [1.82, 2.24) is 14.6 Å². The minimum absolute atomic E-state index is 0.0293.